The SMILES string of the molecule is CNC(C)(C)c1nc2ncc(Br)cc2[nH]1. The second-order valence-electron chi connectivity index (χ2n) is 3.99. The fourth-order valence-electron chi connectivity index (χ4n) is 1.29. The molecule has 0 spiro atoms. The predicted octanol–water partition coefficient (Wildman–Crippen LogP) is 2.17. The minimum atomic E-state index is -0.173. The number of rotatable bonds is 2. The highest BCUT2D eigenvalue weighted by Crippen LogP contribution is 2.21. The van der Waals surface area contributed by atoms with E-state index in [1.54, 1.807) is 6.20 Å². The summed E-state index contributed by atoms with van der Waals surface area (Å²) in [7, 11) is 1.91. The molecule has 0 amide bonds. The van der Waals surface area contributed by atoms with Gasteiger partial charge in [-0.05, 0) is 42.9 Å². The van der Waals surface area contributed by atoms with E-state index in [1.807, 2.05) is 13.1 Å². The number of pyridine rings is 1. The van der Waals surface area contributed by atoms with E-state index in [1.165, 1.54) is 0 Å². The molecule has 0 radical (unpaired) electrons. The molecule has 2 aromatic heterocycles. The molecule has 2 N–H and O–H groups in total. The first-order valence-corrected chi connectivity index (χ1v) is 5.53. The lowest BCUT2D eigenvalue weighted by atomic mass is 10.1. The molecule has 15 heavy (non-hydrogen) atoms. The fourth-order valence-corrected chi connectivity index (χ4v) is 1.62. The van der Waals surface area contributed by atoms with Crippen molar-refractivity contribution in [2.45, 2.75) is 19.4 Å². The van der Waals surface area contributed by atoms with Crippen LogP contribution in [0.5, 0.6) is 0 Å². The van der Waals surface area contributed by atoms with Crippen LogP contribution >= 0.6 is 15.9 Å². The predicted molar refractivity (Wildman–Crippen MR) is 63.7 cm³/mol. The van der Waals surface area contributed by atoms with Crippen LogP contribution in [0.3, 0.4) is 0 Å². The number of nitrogens with one attached hydrogen (secondary N) is 2. The number of hydrogen-bond donors (Lipinski definition) is 2. The first kappa shape index (κ1) is 10.6. The lowest BCUT2D eigenvalue weighted by Gasteiger charge is -2.20. The van der Waals surface area contributed by atoms with Gasteiger partial charge in [0.25, 0.3) is 0 Å². The largest absolute Gasteiger partial charge is 0.339 e. The van der Waals surface area contributed by atoms with Gasteiger partial charge in [-0.3, -0.25) is 0 Å². The van der Waals surface area contributed by atoms with Crippen molar-refractivity contribution in [3.8, 4) is 0 Å². The quantitative estimate of drug-likeness (QED) is 0.878. The zero-order chi connectivity index (χ0) is 11.1. The molecule has 4 nitrogen and oxygen atoms in total. The Bertz CT molecular complexity index is 489. The van der Waals surface area contributed by atoms with E-state index in [9.17, 15) is 0 Å². The summed E-state index contributed by atoms with van der Waals surface area (Å²) in [4.78, 5) is 11.9. The Morgan fingerprint density at radius 2 is 2.20 bits per heavy atom. The van der Waals surface area contributed by atoms with Gasteiger partial charge in [0.15, 0.2) is 5.65 Å². The number of fused-ring (bicyclic) bond motifs is 1. The molecule has 2 rings (SSSR count). The number of H-pyrrole nitrogens is 1. The van der Waals surface area contributed by atoms with Crippen LogP contribution in [0.4, 0.5) is 0 Å². The third kappa shape index (κ3) is 1.89. The maximum Gasteiger partial charge on any atom is 0.177 e. The summed E-state index contributed by atoms with van der Waals surface area (Å²) >= 11 is 3.38. The van der Waals surface area contributed by atoms with E-state index < -0.39 is 0 Å². The summed E-state index contributed by atoms with van der Waals surface area (Å²) in [6.07, 6.45) is 1.75. The van der Waals surface area contributed by atoms with Gasteiger partial charge in [0.05, 0.1) is 11.1 Å². The first-order chi connectivity index (χ1) is 7.03. The number of imidazole rings is 1. The smallest absolute Gasteiger partial charge is 0.177 e. The molecule has 0 aliphatic heterocycles. The van der Waals surface area contributed by atoms with Gasteiger partial charge in [-0.15, -0.1) is 0 Å². The Balaban J connectivity index is 2.56. The second kappa shape index (κ2) is 3.57. The third-order valence-electron chi connectivity index (χ3n) is 2.52. The monoisotopic (exact) mass is 268 g/mol. The lowest BCUT2D eigenvalue weighted by molar-refractivity contribution is 0.421. The van der Waals surface area contributed by atoms with Gasteiger partial charge in [0.2, 0.25) is 0 Å². The van der Waals surface area contributed by atoms with Crippen molar-refractivity contribution in [1.29, 1.82) is 0 Å². The van der Waals surface area contributed by atoms with Crippen molar-refractivity contribution in [3.63, 3.8) is 0 Å². The fraction of sp³-hybridized carbons (Fsp3) is 0.400. The molecule has 80 valence electrons. The molecule has 0 saturated carbocycles. The standard InChI is InChI=1S/C10H13BrN4/c1-10(2,12-3)9-14-7-4-6(11)5-13-8(7)15-9/h4-5,12H,1-3H3,(H,13,14,15). The van der Waals surface area contributed by atoms with Crippen LogP contribution in [0, 0.1) is 0 Å². The van der Waals surface area contributed by atoms with Crippen LogP contribution in [0.25, 0.3) is 11.2 Å². The third-order valence-corrected chi connectivity index (χ3v) is 2.95. The number of nitrogens with zero attached hydrogens (tertiary/aromatic N) is 2. The van der Waals surface area contributed by atoms with E-state index in [-0.39, 0.29) is 5.54 Å². The normalized spacial score (nSPS) is 12.3. The Labute approximate surface area is 96.6 Å². The van der Waals surface area contributed by atoms with Gasteiger partial charge >= 0.3 is 0 Å². The first-order valence-electron chi connectivity index (χ1n) is 4.73. The molecular formula is C10H13BrN4. The van der Waals surface area contributed by atoms with E-state index in [2.05, 4.69) is 50.0 Å². The second-order valence-corrected chi connectivity index (χ2v) is 4.90. The molecule has 0 aliphatic rings. The van der Waals surface area contributed by atoms with Gasteiger partial charge in [-0.2, -0.15) is 0 Å². The molecule has 5 heteroatoms. The summed E-state index contributed by atoms with van der Waals surface area (Å²) in [5.41, 5.74) is 1.52. The zero-order valence-electron chi connectivity index (χ0n) is 8.93. The maximum absolute atomic E-state index is 4.45. The van der Waals surface area contributed by atoms with Crippen LogP contribution in [0.2, 0.25) is 0 Å². The maximum atomic E-state index is 4.45. The summed E-state index contributed by atoms with van der Waals surface area (Å²) in [5, 5.41) is 3.20. The highest BCUT2D eigenvalue weighted by atomic mass is 79.9. The Kier molecular flexibility index (Phi) is 2.52. The van der Waals surface area contributed by atoms with Gasteiger partial charge in [-0.25, -0.2) is 9.97 Å². The van der Waals surface area contributed by atoms with Crippen LogP contribution < -0.4 is 5.32 Å². The highest BCUT2D eigenvalue weighted by molar-refractivity contribution is 9.10. The molecule has 0 aromatic carbocycles. The minimum Gasteiger partial charge on any atom is -0.339 e. The van der Waals surface area contributed by atoms with E-state index in [4.69, 9.17) is 0 Å². The van der Waals surface area contributed by atoms with E-state index >= 15 is 0 Å². The number of aromatic amines is 1. The summed E-state index contributed by atoms with van der Waals surface area (Å²) < 4.78 is 0.951. The molecule has 0 bridgehead atoms. The van der Waals surface area contributed by atoms with Crippen molar-refractivity contribution in [2.24, 2.45) is 0 Å². The van der Waals surface area contributed by atoms with Crippen molar-refractivity contribution in [3.05, 3.63) is 22.6 Å². The zero-order valence-corrected chi connectivity index (χ0v) is 10.5. The lowest BCUT2D eigenvalue weighted by Crippen LogP contribution is -2.34. The molecule has 0 atom stereocenters. The molecule has 0 unspecified atom stereocenters. The van der Waals surface area contributed by atoms with Crippen LogP contribution in [0.15, 0.2) is 16.7 Å². The van der Waals surface area contributed by atoms with Crippen molar-refractivity contribution in [2.75, 3.05) is 7.05 Å². The van der Waals surface area contributed by atoms with Crippen LogP contribution in [-0.4, -0.2) is 22.0 Å². The van der Waals surface area contributed by atoms with Gasteiger partial charge in [-0.1, -0.05) is 0 Å². The van der Waals surface area contributed by atoms with Gasteiger partial charge < -0.3 is 10.3 Å². The Hall–Kier alpha value is -0.940. The van der Waals surface area contributed by atoms with E-state index in [0.29, 0.717) is 0 Å². The Morgan fingerprint density at radius 3 is 2.87 bits per heavy atom. The van der Waals surface area contributed by atoms with Crippen molar-refractivity contribution >= 4 is 27.1 Å². The summed E-state index contributed by atoms with van der Waals surface area (Å²) in [6, 6.07) is 1.98. The molecule has 0 fully saturated rings. The highest BCUT2D eigenvalue weighted by Gasteiger charge is 2.22. The Morgan fingerprint density at radius 1 is 1.47 bits per heavy atom. The van der Waals surface area contributed by atoms with Crippen LogP contribution in [0.1, 0.15) is 19.7 Å². The molecule has 2 heterocycles. The average Bonchev–Trinajstić information content (AvgIpc) is 2.61. The number of halogens is 1. The molecule has 0 saturated heterocycles. The average molecular weight is 269 g/mol. The van der Waals surface area contributed by atoms with Crippen LogP contribution in [-0.2, 0) is 5.54 Å². The number of aromatic nitrogens is 3. The molecule has 2 aromatic rings. The van der Waals surface area contributed by atoms with Gasteiger partial charge in [0.1, 0.15) is 5.82 Å². The minimum absolute atomic E-state index is 0.173. The molecule has 0 aliphatic carbocycles. The van der Waals surface area contributed by atoms with Crippen molar-refractivity contribution in [1.82, 2.24) is 20.3 Å². The topological polar surface area (TPSA) is 53.6 Å². The summed E-state index contributed by atoms with van der Waals surface area (Å²) in [5.74, 6) is 0.894. The van der Waals surface area contributed by atoms with Crippen molar-refractivity contribution < 1.29 is 0 Å². The number of hydrogen-bond acceptors (Lipinski definition) is 3. The summed E-state index contributed by atoms with van der Waals surface area (Å²) in [6.45, 7) is 4.14. The van der Waals surface area contributed by atoms with E-state index in [0.717, 1.165) is 21.5 Å². The van der Waals surface area contributed by atoms with Gasteiger partial charge in [0, 0.05) is 10.7 Å². The molecular weight excluding hydrogens is 256 g/mol.